The van der Waals surface area contributed by atoms with E-state index >= 15 is 0 Å². The molecule has 0 saturated heterocycles. The summed E-state index contributed by atoms with van der Waals surface area (Å²) in [5.74, 6) is 0. The smallest absolute Gasteiger partial charge is 0.104 e. The van der Waals surface area contributed by atoms with Crippen molar-refractivity contribution in [3.63, 3.8) is 0 Å². The van der Waals surface area contributed by atoms with Gasteiger partial charge in [-0.15, -0.1) is 0 Å². The van der Waals surface area contributed by atoms with Gasteiger partial charge in [0.25, 0.3) is 0 Å². The second-order valence-corrected chi connectivity index (χ2v) is 10.8. The van der Waals surface area contributed by atoms with Crippen LogP contribution in [-0.2, 0) is 6.61 Å². The standard InChI is InChI=1S/C19H32OSi/c1-4-5-6-7-8-9-10-13-16-21(2,3)19-15-12-11-14-18(19)17-20/h11-16,20H,4-10,17H2,1-3H3/b16-13+. The largest absolute Gasteiger partial charge is 0.392 e. The van der Waals surface area contributed by atoms with E-state index in [2.05, 4.69) is 43.9 Å². The van der Waals surface area contributed by atoms with Crippen LogP contribution >= 0.6 is 0 Å². The van der Waals surface area contributed by atoms with Crippen LogP contribution in [0.2, 0.25) is 13.1 Å². The van der Waals surface area contributed by atoms with Crippen molar-refractivity contribution >= 4 is 13.3 Å². The normalized spacial score (nSPS) is 12.2. The van der Waals surface area contributed by atoms with E-state index in [4.69, 9.17) is 0 Å². The van der Waals surface area contributed by atoms with Gasteiger partial charge in [-0.05, 0) is 23.6 Å². The lowest BCUT2D eigenvalue weighted by Gasteiger charge is -2.21. The first-order valence-electron chi connectivity index (χ1n) is 8.48. The van der Waals surface area contributed by atoms with Crippen molar-refractivity contribution in [3.8, 4) is 0 Å². The van der Waals surface area contributed by atoms with Crippen LogP contribution in [0.3, 0.4) is 0 Å². The summed E-state index contributed by atoms with van der Waals surface area (Å²) < 4.78 is 0. The van der Waals surface area contributed by atoms with Crippen molar-refractivity contribution < 1.29 is 5.11 Å². The number of allylic oxidation sites excluding steroid dienone is 1. The molecule has 0 atom stereocenters. The molecule has 21 heavy (non-hydrogen) atoms. The Morgan fingerprint density at radius 1 is 1.00 bits per heavy atom. The average molecular weight is 305 g/mol. The Hall–Kier alpha value is -0.863. The highest BCUT2D eigenvalue weighted by atomic mass is 28.3. The molecule has 1 aromatic carbocycles. The molecule has 1 nitrogen and oxygen atoms in total. The molecule has 0 heterocycles. The molecule has 1 aromatic rings. The topological polar surface area (TPSA) is 20.2 Å². The van der Waals surface area contributed by atoms with Crippen LogP contribution in [0.4, 0.5) is 0 Å². The number of rotatable bonds is 10. The fourth-order valence-electron chi connectivity index (χ4n) is 2.80. The number of benzene rings is 1. The summed E-state index contributed by atoms with van der Waals surface area (Å²) in [5, 5.41) is 10.9. The Morgan fingerprint density at radius 2 is 1.67 bits per heavy atom. The summed E-state index contributed by atoms with van der Waals surface area (Å²) in [6.45, 7) is 7.13. The predicted molar refractivity (Wildman–Crippen MR) is 96.6 cm³/mol. The Kier molecular flexibility index (Phi) is 8.63. The first kappa shape index (κ1) is 18.2. The molecule has 0 aliphatic rings. The van der Waals surface area contributed by atoms with Gasteiger partial charge in [0.15, 0.2) is 0 Å². The third-order valence-corrected chi connectivity index (χ3v) is 7.09. The van der Waals surface area contributed by atoms with E-state index in [0.717, 1.165) is 5.56 Å². The summed E-state index contributed by atoms with van der Waals surface area (Å²) in [6.07, 6.45) is 11.7. The third kappa shape index (κ3) is 6.62. The molecule has 0 unspecified atom stereocenters. The fourth-order valence-corrected chi connectivity index (χ4v) is 5.25. The number of aliphatic hydroxyl groups is 1. The van der Waals surface area contributed by atoms with Gasteiger partial charge < -0.3 is 5.11 Å². The van der Waals surface area contributed by atoms with Gasteiger partial charge >= 0.3 is 0 Å². The van der Waals surface area contributed by atoms with E-state index in [-0.39, 0.29) is 6.61 Å². The average Bonchev–Trinajstić information content (AvgIpc) is 2.50. The molecule has 118 valence electrons. The minimum Gasteiger partial charge on any atom is -0.392 e. The molecule has 0 amide bonds. The van der Waals surface area contributed by atoms with Crippen molar-refractivity contribution in [2.24, 2.45) is 0 Å². The molecule has 1 N–H and O–H groups in total. The maximum absolute atomic E-state index is 9.49. The molecule has 0 aliphatic carbocycles. The summed E-state index contributed by atoms with van der Waals surface area (Å²) >= 11 is 0. The van der Waals surface area contributed by atoms with Crippen LogP contribution in [0, 0.1) is 0 Å². The molecule has 0 aliphatic heterocycles. The van der Waals surface area contributed by atoms with Gasteiger partial charge in [0.05, 0.1) is 6.61 Å². The van der Waals surface area contributed by atoms with Crippen LogP contribution in [-0.4, -0.2) is 13.2 Å². The second-order valence-electron chi connectivity index (χ2n) is 6.50. The van der Waals surface area contributed by atoms with E-state index in [1.807, 2.05) is 12.1 Å². The highest BCUT2D eigenvalue weighted by Gasteiger charge is 2.22. The molecule has 0 fully saturated rings. The van der Waals surface area contributed by atoms with Crippen LogP contribution in [0.25, 0.3) is 0 Å². The minimum absolute atomic E-state index is 0.151. The molecule has 0 spiro atoms. The van der Waals surface area contributed by atoms with Gasteiger partial charge in [-0.3, -0.25) is 0 Å². The van der Waals surface area contributed by atoms with Crippen LogP contribution < -0.4 is 5.19 Å². The maximum Gasteiger partial charge on any atom is 0.104 e. The lowest BCUT2D eigenvalue weighted by molar-refractivity contribution is 0.283. The zero-order valence-corrected chi connectivity index (χ0v) is 15.1. The molecular formula is C19H32OSi. The third-order valence-electron chi connectivity index (χ3n) is 4.14. The van der Waals surface area contributed by atoms with E-state index in [1.165, 1.54) is 50.1 Å². The minimum atomic E-state index is -1.57. The first-order valence-corrected chi connectivity index (χ1v) is 11.6. The molecule has 2 heteroatoms. The van der Waals surface area contributed by atoms with Crippen molar-refractivity contribution in [2.75, 3.05) is 0 Å². The van der Waals surface area contributed by atoms with Crippen LogP contribution in [0.15, 0.2) is 36.0 Å². The highest BCUT2D eigenvalue weighted by molar-refractivity contribution is 6.94. The highest BCUT2D eigenvalue weighted by Crippen LogP contribution is 2.12. The van der Waals surface area contributed by atoms with E-state index in [0.29, 0.717) is 0 Å². The quantitative estimate of drug-likeness (QED) is 0.479. The lowest BCUT2D eigenvalue weighted by Crippen LogP contribution is -2.41. The number of unbranched alkanes of at least 4 members (excludes halogenated alkanes) is 6. The zero-order chi connectivity index (χ0) is 15.6. The Balaban J connectivity index is 2.43. The monoisotopic (exact) mass is 304 g/mol. The summed E-state index contributed by atoms with van der Waals surface area (Å²) in [4.78, 5) is 0. The van der Waals surface area contributed by atoms with E-state index < -0.39 is 8.07 Å². The lowest BCUT2D eigenvalue weighted by atomic mass is 10.1. The number of hydrogen-bond acceptors (Lipinski definition) is 1. The summed E-state index contributed by atoms with van der Waals surface area (Å²) in [5.41, 5.74) is 3.53. The maximum atomic E-state index is 9.49. The first-order chi connectivity index (χ1) is 10.1. The van der Waals surface area contributed by atoms with Crippen LogP contribution in [0.5, 0.6) is 0 Å². The molecule has 0 radical (unpaired) electrons. The Morgan fingerprint density at radius 3 is 2.38 bits per heavy atom. The van der Waals surface area contributed by atoms with Gasteiger partial charge in [0, 0.05) is 0 Å². The summed E-state index contributed by atoms with van der Waals surface area (Å²) in [6, 6.07) is 8.34. The van der Waals surface area contributed by atoms with Crippen molar-refractivity contribution in [1.29, 1.82) is 0 Å². The van der Waals surface area contributed by atoms with Gasteiger partial charge in [0.2, 0.25) is 0 Å². The van der Waals surface area contributed by atoms with Gasteiger partial charge in [-0.2, -0.15) is 0 Å². The Labute approximate surface area is 132 Å². The fraction of sp³-hybridized carbons (Fsp3) is 0.579. The molecule has 0 aromatic heterocycles. The van der Waals surface area contributed by atoms with E-state index in [1.54, 1.807) is 0 Å². The second kappa shape index (κ2) is 9.96. The van der Waals surface area contributed by atoms with Crippen molar-refractivity contribution in [1.82, 2.24) is 0 Å². The van der Waals surface area contributed by atoms with Crippen molar-refractivity contribution in [2.45, 2.75) is 71.6 Å². The SMILES string of the molecule is CCCCCCCC/C=C/[Si](C)(C)c1ccccc1CO. The molecule has 0 bridgehead atoms. The predicted octanol–water partition coefficient (Wildman–Crippen LogP) is 4.94. The van der Waals surface area contributed by atoms with Crippen molar-refractivity contribution in [3.05, 3.63) is 41.6 Å². The van der Waals surface area contributed by atoms with Gasteiger partial charge in [0.1, 0.15) is 8.07 Å². The molecular weight excluding hydrogens is 272 g/mol. The molecule has 0 saturated carbocycles. The van der Waals surface area contributed by atoms with Crippen LogP contribution in [0.1, 0.15) is 57.4 Å². The zero-order valence-electron chi connectivity index (χ0n) is 14.1. The van der Waals surface area contributed by atoms with Gasteiger partial charge in [-0.1, -0.05) is 88.2 Å². The molecule has 1 rings (SSSR count). The number of aliphatic hydroxyl groups excluding tert-OH is 1. The summed E-state index contributed by atoms with van der Waals surface area (Å²) in [7, 11) is -1.57. The van der Waals surface area contributed by atoms with E-state index in [9.17, 15) is 5.11 Å². The van der Waals surface area contributed by atoms with Gasteiger partial charge in [-0.25, -0.2) is 0 Å². The number of hydrogen-bond donors (Lipinski definition) is 1. The Bertz CT molecular complexity index is 423.